The number of fused-ring (bicyclic) bond motifs is 1. The van der Waals surface area contributed by atoms with Crippen molar-refractivity contribution in [1.82, 2.24) is 19.4 Å². The Kier molecular flexibility index (Phi) is 7.09. The van der Waals surface area contributed by atoms with Crippen LogP contribution in [0, 0.1) is 0 Å². The van der Waals surface area contributed by atoms with Gasteiger partial charge in [0.2, 0.25) is 11.4 Å². The number of hydrogen-bond donors (Lipinski definition) is 3. The molecule has 3 heterocycles. The van der Waals surface area contributed by atoms with Crippen molar-refractivity contribution in [3.05, 3.63) is 76.7 Å². The highest BCUT2D eigenvalue weighted by Gasteiger charge is 2.16. The quantitative estimate of drug-likeness (QED) is 0.339. The SMILES string of the molecule is COc1ccc(Cn2cc(NC(=O)O)c(=O)c3cnc(Nc4ccc(N5CCN(C)CC5)cc4)nc32)cc1. The number of anilines is 4. The van der Waals surface area contributed by atoms with E-state index in [0.29, 0.717) is 18.1 Å². The van der Waals surface area contributed by atoms with E-state index in [1.807, 2.05) is 36.4 Å². The third kappa shape index (κ3) is 5.52. The summed E-state index contributed by atoms with van der Waals surface area (Å²) in [6, 6.07) is 15.6. The van der Waals surface area contributed by atoms with Gasteiger partial charge >= 0.3 is 6.09 Å². The highest BCUT2D eigenvalue weighted by molar-refractivity contribution is 5.87. The van der Waals surface area contributed by atoms with Crippen LogP contribution in [0.5, 0.6) is 5.75 Å². The molecule has 3 N–H and O–H groups in total. The summed E-state index contributed by atoms with van der Waals surface area (Å²) in [7, 11) is 3.73. The fraction of sp³-hybridized carbons (Fsp3) is 0.259. The van der Waals surface area contributed by atoms with Crippen LogP contribution in [0.2, 0.25) is 0 Å². The molecule has 2 aromatic heterocycles. The average molecular weight is 516 g/mol. The van der Waals surface area contributed by atoms with Crippen LogP contribution < -0.4 is 25.7 Å². The molecule has 196 valence electrons. The molecule has 1 saturated heterocycles. The molecular formula is C27H29N7O4. The van der Waals surface area contributed by atoms with Crippen molar-refractivity contribution in [2.75, 3.05) is 55.9 Å². The van der Waals surface area contributed by atoms with E-state index < -0.39 is 11.5 Å². The predicted molar refractivity (Wildman–Crippen MR) is 147 cm³/mol. The van der Waals surface area contributed by atoms with Gasteiger partial charge in [0.1, 0.15) is 17.1 Å². The minimum atomic E-state index is -1.32. The van der Waals surface area contributed by atoms with E-state index in [9.17, 15) is 14.7 Å². The molecule has 1 fully saturated rings. The number of nitrogens with zero attached hydrogens (tertiary/aromatic N) is 5. The second-order valence-corrected chi connectivity index (χ2v) is 9.17. The summed E-state index contributed by atoms with van der Waals surface area (Å²) in [6.07, 6.45) is 1.56. The Balaban J connectivity index is 1.44. The van der Waals surface area contributed by atoms with Crippen LogP contribution in [0.4, 0.5) is 27.8 Å². The third-order valence-corrected chi connectivity index (χ3v) is 6.56. The van der Waals surface area contributed by atoms with Gasteiger partial charge in [-0.15, -0.1) is 0 Å². The van der Waals surface area contributed by atoms with Crippen molar-refractivity contribution in [3.63, 3.8) is 0 Å². The van der Waals surface area contributed by atoms with Gasteiger partial charge in [0.25, 0.3) is 0 Å². The normalized spacial score (nSPS) is 13.9. The third-order valence-electron chi connectivity index (χ3n) is 6.56. The lowest BCUT2D eigenvalue weighted by molar-refractivity contribution is 0.209. The highest BCUT2D eigenvalue weighted by atomic mass is 16.5. The second kappa shape index (κ2) is 10.8. The Morgan fingerprint density at radius 1 is 1.05 bits per heavy atom. The Hall–Kier alpha value is -4.64. The number of pyridine rings is 1. The lowest BCUT2D eigenvalue weighted by atomic mass is 10.2. The van der Waals surface area contributed by atoms with Gasteiger partial charge in [-0.1, -0.05) is 12.1 Å². The molecule has 11 nitrogen and oxygen atoms in total. The van der Waals surface area contributed by atoms with Gasteiger partial charge in [0.15, 0.2) is 0 Å². The molecule has 11 heteroatoms. The maximum Gasteiger partial charge on any atom is 0.409 e. The van der Waals surface area contributed by atoms with Crippen LogP contribution >= 0.6 is 0 Å². The summed E-state index contributed by atoms with van der Waals surface area (Å²) in [4.78, 5) is 37.9. The first-order chi connectivity index (χ1) is 18.4. The number of carbonyl (C=O) groups is 1. The van der Waals surface area contributed by atoms with E-state index in [-0.39, 0.29) is 11.1 Å². The van der Waals surface area contributed by atoms with E-state index in [4.69, 9.17) is 4.74 Å². The topological polar surface area (TPSA) is 125 Å². The molecule has 1 amide bonds. The van der Waals surface area contributed by atoms with Gasteiger partial charge < -0.3 is 29.5 Å². The van der Waals surface area contributed by atoms with Crippen LogP contribution in [-0.4, -0.2) is 71.0 Å². The summed E-state index contributed by atoms with van der Waals surface area (Å²) in [5.74, 6) is 1.05. The zero-order valence-corrected chi connectivity index (χ0v) is 21.2. The summed E-state index contributed by atoms with van der Waals surface area (Å²) >= 11 is 0. The molecule has 38 heavy (non-hydrogen) atoms. The minimum Gasteiger partial charge on any atom is -0.497 e. The first kappa shape index (κ1) is 25.0. The van der Waals surface area contributed by atoms with Crippen LogP contribution in [-0.2, 0) is 6.54 Å². The maximum atomic E-state index is 13.0. The molecule has 4 aromatic rings. The van der Waals surface area contributed by atoms with Crippen LogP contribution in [0.25, 0.3) is 11.0 Å². The number of rotatable bonds is 7. The van der Waals surface area contributed by atoms with E-state index in [0.717, 1.165) is 48.9 Å². The van der Waals surface area contributed by atoms with E-state index in [1.165, 1.54) is 12.4 Å². The lowest BCUT2D eigenvalue weighted by Gasteiger charge is -2.34. The average Bonchev–Trinajstić information content (AvgIpc) is 2.92. The molecule has 1 aliphatic heterocycles. The Bertz CT molecular complexity index is 1500. The van der Waals surface area contributed by atoms with Crippen molar-refractivity contribution in [1.29, 1.82) is 0 Å². The standard InChI is InChI=1S/C27H29N7O4/c1-32-11-13-33(14-12-32)20-7-5-19(6-8-20)29-26-28-15-22-24(35)23(30-27(36)37)17-34(25(22)31-26)16-18-3-9-21(38-2)10-4-18/h3-10,15,17,30H,11-14,16H2,1-2H3,(H,36,37)(H,28,29,31). The molecule has 0 radical (unpaired) electrons. The van der Waals surface area contributed by atoms with Crippen molar-refractivity contribution < 1.29 is 14.6 Å². The first-order valence-corrected chi connectivity index (χ1v) is 12.2. The Morgan fingerprint density at radius 3 is 2.42 bits per heavy atom. The number of piperazine rings is 1. The first-order valence-electron chi connectivity index (χ1n) is 12.2. The van der Waals surface area contributed by atoms with Crippen molar-refractivity contribution in [2.45, 2.75) is 6.54 Å². The summed E-state index contributed by atoms with van der Waals surface area (Å²) < 4.78 is 6.96. The summed E-state index contributed by atoms with van der Waals surface area (Å²) in [5, 5.41) is 14.8. The number of hydrogen-bond acceptors (Lipinski definition) is 8. The fourth-order valence-corrected chi connectivity index (χ4v) is 4.43. The second-order valence-electron chi connectivity index (χ2n) is 9.17. The van der Waals surface area contributed by atoms with Crippen molar-refractivity contribution in [2.24, 2.45) is 0 Å². The number of ether oxygens (including phenoxy) is 1. The van der Waals surface area contributed by atoms with Gasteiger partial charge in [0, 0.05) is 56.5 Å². The smallest absolute Gasteiger partial charge is 0.409 e. The molecule has 0 spiro atoms. The van der Waals surface area contributed by atoms with Crippen LogP contribution in [0.15, 0.2) is 65.7 Å². The van der Waals surface area contributed by atoms with E-state index in [1.54, 1.807) is 11.7 Å². The fourth-order valence-electron chi connectivity index (χ4n) is 4.43. The lowest BCUT2D eigenvalue weighted by Crippen LogP contribution is -2.44. The van der Waals surface area contributed by atoms with Gasteiger partial charge in [-0.2, -0.15) is 4.98 Å². The number of benzene rings is 2. The van der Waals surface area contributed by atoms with Crippen molar-refractivity contribution in [3.8, 4) is 5.75 Å². The maximum absolute atomic E-state index is 13.0. The van der Waals surface area contributed by atoms with Gasteiger partial charge in [-0.3, -0.25) is 10.1 Å². The van der Waals surface area contributed by atoms with Gasteiger partial charge in [-0.25, -0.2) is 9.78 Å². The van der Waals surface area contributed by atoms with E-state index in [2.05, 4.69) is 49.6 Å². The van der Waals surface area contributed by atoms with Crippen molar-refractivity contribution >= 4 is 40.1 Å². The molecule has 0 bridgehead atoms. The molecule has 2 aromatic carbocycles. The minimum absolute atomic E-state index is 0.0673. The van der Waals surface area contributed by atoms with Crippen LogP contribution in [0.1, 0.15) is 5.56 Å². The number of methoxy groups -OCH3 is 1. The zero-order chi connectivity index (χ0) is 26.6. The molecule has 0 atom stereocenters. The molecule has 0 aliphatic carbocycles. The molecule has 5 rings (SSSR count). The largest absolute Gasteiger partial charge is 0.497 e. The van der Waals surface area contributed by atoms with Gasteiger partial charge in [-0.05, 0) is 49.0 Å². The number of likely N-dealkylation sites (N-methyl/N-ethyl adjacent to an activating group) is 1. The number of nitrogens with one attached hydrogen (secondary N) is 2. The predicted octanol–water partition coefficient (Wildman–Crippen LogP) is 3.43. The number of carboxylic acid groups (broad SMARTS) is 1. The summed E-state index contributed by atoms with van der Waals surface area (Å²) in [5.41, 5.74) is 2.72. The Labute approximate surface area is 219 Å². The number of aromatic nitrogens is 3. The Morgan fingerprint density at radius 2 is 1.76 bits per heavy atom. The van der Waals surface area contributed by atoms with Crippen LogP contribution in [0.3, 0.4) is 0 Å². The molecule has 0 unspecified atom stereocenters. The molecule has 1 aliphatic rings. The van der Waals surface area contributed by atoms with E-state index >= 15 is 0 Å². The summed E-state index contributed by atoms with van der Waals surface area (Å²) in [6.45, 7) is 4.40. The monoisotopic (exact) mass is 515 g/mol. The number of amides is 1. The van der Waals surface area contributed by atoms with Gasteiger partial charge in [0.05, 0.1) is 12.5 Å². The molecule has 0 saturated carbocycles. The molecular weight excluding hydrogens is 486 g/mol. The highest BCUT2D eigenvalue weighted by Crippen LogP contribution is 2.22. The zero-order valence-electron chi connectivity index (χ0n) is 21.2.